The molecule has 0 aromatic rings. The molecule has 0 aromatic heterocycles. The van der Waals surface area contributed by atoms with Crippen LogP contribution in [-0.2, 0) is 9.53 Å². The zero-order chi connectivity index (χ0) is 11.7. The molecule has 0 saturated carbocycles. The van der Waals surface area contributed by atoms with E-state index < -0.39 is 12.2 Å². The first kappa shape index (κ1) is 11.4. The molecule has 0 radical (unpaired) electrons. The molecule has 1 fully saturated rings. The minimum atomic E-state index is -0.652. The number of rotatable bonds is 2. The van der Waals surface area contributed by atoms with E-state index in [1.807, 2.05) is 4.90 Å². The fourth-order valence-corrected chi connectivity index (χ4v) is 1.93. The molecule has 0 bridgehead atoms. The van der Waals surface area contributed by atoms with Gasteiger partial charge in [-0.15, -0.1) is 0 Å². The van der Waals surface area contributed by atoms with Gasteiger partial charge in [0, 0.05) is 18.2 Å². The number of amides is 1. The maximum atomic E-state index is 11.2. The molecule has 6 heteroatoms. The Labute approximate surface area is 93.5 Å². The van der Waals surface area contributed by atoms with Gasteiger partial charge in [-0.3, -0.25) is 4.79 Å². The van der Waals surface area contributed by atoms with Crippen LogP contribution in [0.1, 0.15) is 13.3 Å². The molecule has 0 aliphatic carbocycles. The van der Waals surface area contributed by atoms with E-state index in [1.54, 1.807) is 13.1 Å². The number of nitrogens with one attached hydrogen (secondary N) is 1. The van der Waals surface area contributed by atoms with E-state index in [4.69, 9.17) is 9.84 Å². The normalized spacial score (nSPS) is 34.9. The van der Waals surface area contributed by atoms with Gasteiger partial charge < -0.3 is 25.2 Å². The SMILES string of the molecule is CC1=CN(C2C[C@@H](O)C(CO)O2)CNC1=O. The largest absolute Gasteiger partial charge is 0.394 e. The maximum Gasteiger partial charge on any atom is 0.249 e. The van der Waals surface area contributed by atoms with Gasteiger partial charge in [-0.25, -0.2) is 0 Å². The fourth-order valence-electron chi connectivity index (χ4n) is 1.93. The second-order valence-corrected chi connectivity index (χ2v) is 4.11. The van der Waals surface area contributed by atoms with Gasteiger partial charge in [0.25, 0.3) is 0 Å². The van der Waals surface area contributed by atoms with Crippen molar-refractivity contribution < 1.29 is 19.7 Å². The van der Waals surface area contributed by atoms with E-state index in [9.17, 15) is 9.90 Å². The highest BCUT2D eigenvalue weighted by Crippen LogP contribution is 2.24. The molecule has 3 atom stereocenters. The minimum absolute atomic E-state index is 0.0893. The number of aliphatic hydroxyl groups excluding tert-OH is 2. The summed E-state index contributed by atoms with van der Waals surface area (Å²) in [5.74, 6) is -0.0893. The van der Waals surface area contributed by atoms with Crippen LogP contribution in [0.4, 0.5) is 0 Å². The Kier molecular flexibility index (Phi) is 3.13. The Morgan fingerprint density at radius 3 is 3.00 bits per heavy atom. The first-order valence-electron chi connectivity index (χ1n) is 5.28. The van der Waals surface area contributed by atoms with Crippen molar-refractivity contribution in [2.24, 2.45) is 0 Å². The van der Waals surface area contributed by atoms with Crippen molar-refractivity contribution in [2.75, 3.05) is 13.3 Å². The molecule has 0 aromatic carbocycles. The van der Waals surface area contributed by atoms with E-state index in [0.29, 0.717) is 18.7 Å². The third-order valence-electron chi connectivity index (χ3n) is 2.89. The van der Waals surface area contributed by atoms with Crippen LogP contribution >= 0.6 is 0 Å². The van der Waals surface area contributed by atoms with Crippen LogP contribution in [0.2, 0.25) is 0 Å². The summed E-state index contributed by atoms with van der Waals surface area (Å²) in [6.45, 7) is 1.89. The third kappa shape index (κ3) is 2.04. The Morgan fingerprint density at radius 2 is 2.44 bits per heavy atom. The molecule has 2 unspecified atom stereocenters. The zero-order valence-corrected chi connectivity index (χ0v) is 9.09. The van der Waals surface area contributed by atoms with Gasteiger partial charge in [-0.1, -0.05) is 0 Å². The standard InChI is InChI=1S/C10H16N2O4/c1-6-3-12(5-11-10(6)15)9-2-7(14)8(4-13)16-9/h3,7-9,13-14H,2,4-5H2,1H3,(H,11,15)/t7-,8?,9?/m1/s1. The fraction of sp³-hybridized carbons (Fsp3) is 0.700. The maximum absolute atomic E-state index is 11.2. The van der Waals surface area contributed by atoms with Crippen LogP contribution in [0, 0.1) is 0 Å². The molecule has 90 valence electrons. The van der Waals surface area contributed by atoms with Gasteiger partial charge in [-0.2, -0.15) is 0 Å². The number of nitrogens with zero attached hydrogens (tertiary/aromatic N) is 1. The van der Waals surface area contributed by atoms with E-state index in [1.165, 1.54) is 0 Å². The van der Waals surface area contributed by atoms with Gasteiger partial charge in [0.15, 0.2) is 0 Å². The molecule has 3 N–H and O–H groups in total. The number of hydrogen-bond donors (Lipinski definition) is 3. The van der Waals surface area contributed by atoms with Crippen molar-refractivity contribution in [1.29, 1.82) is 0 Å². The summed E-state index contributed by atoms with van der Waals surface area (Å²) in [4.78, 5) is 13.0. The zero-order valence-electron chi connectivity index (χ0n) is 9.09. The second-order valence-electron chi connectivity index (χ2n) is 4.11. The summed E-state index contributed by atoms with van der Waals surface area (Å²) in [7, 11) is 0. The Balaban J connectivity index is 2.02. The predicted molar refractivity (Wildman–Crippen MR) is 55.0 cm³/mol. The molecule has 2 aliphatic rings. The lowest BCUT2D eigenvalue weighted by Gasteiger charge is -2.30. The van der Waals surface area contributed by atoms with Crippen LogP contribution in [0.3, 0.4) is 0 Å². The van der Waals surface area contributed by atoms with Gasteiger partial charge >= 0.3 is 0 Å². The summed E-state index contributed by atoms with van der Waals surface area (Å²) < 4.78 is 5.48. The van der Waals surface area contributed by atoms with Crippen LogP contribution in [0.25, 0.3) is 0 Å². The molecule has 1 amide bonds. The lowest BCUT2D eigenvalue weighted by Crippen LogP contribution is -2.45. The average Bonchev–Trinajstić information content (AvgIpc) is 2.64. The average molecular weight is 228 g/mol. The number of carbonyl (C=O) groups excluding carboxylic acids is 1. The summed E-state index contributed by atoms with van der Waals surface area (Å²) in [5, 5.41) is 21.2. The van der Waals surface area contributed by atoms with Crippen LogP contribution in [0.15, 0.2) is 11.8 Å². The number of ether oxygens (including phenoxy) is 1. The lowest BCUT2D eigenvalue weighted by atomic mass is 10.2. The van der Waals surface area contributed by atoms with Crippen molar-refractivity contribution in [2.45, 2.75) is 31.8 Å². The van der Waals surface area contributed by atoms with Gasteiger partial charge in [0.2, 0.25) is 5.91 Å². The van der Waals surface area contributed by atoms with E-state index in [0.717, 1.165) is 0 Å². The molecular formula is C10H16N2O4. The van der Waals surface area contributed by atoms with E-state index >= 15 is 0 Å². The predicted octanol–water partition coefficient (Wildman–Crippen LogP) is -1.25. The molecule has 2 aliphatic heterocycles. The molecular weight excluding hydrogens is 212 g/mol. The molecule has 1 saturated heterocycles. The summed E-state index contributed by atoms with van der Waals surface area (Å²) in [5.41, 5.74) is 0.608. The smallest absolute Gasteiger partial charge is 0.249 e. The summed E-state index contributed by atoms with van der Waals surface area (Å²) in [6.07, 6.45) is 0.682. The number of aliphatic hydroxyl groups is 2. The first-order valence-corrected chi connectivity index (χ1v) is 5.28. The molecule has 2 heterocycles. The highest BCUT2D eigenvalue weighted by Gasteiger charge is 2.36. The molecule has 16 heavy (non-hydrogen) atoms. The summed E-state index contributed by atoms with van der Waals surface area (Å²) >= 11 is 0. The Hall–Kier alpha value is -1.11. The Bertz CT molecular complexity index is 318. The highest BCUT2D eigenvalue weighted by molar-refractivity contribution is 5.93. The molecule has 2 rings (SSSR count). The molecule has 6 nitrogen and oxygen atoms in total. The topological polar surface area (TPSA) is 82.0 Å². The lowest BCUT2D eigenvalue weighted by molar-refractivity contribution is -0.121. The summed E-state index contributed by atoms with van der Waals surface area (Å²) in [6, 6.07) is 0. The van der Waals surface area contributed by atoms with Crippen LogP contribution < -0.4 is 5.32 Å². The van der Waals surface area contributed by atoms with Crippen LogP contribution in [-0.4, -0.2) is 52.7 Å². The number of hydrogen-bond acceptors (Lipinski definition) is 5. The van der Waals surface area contributed by atoms with Crippen molar-refractivity contribution in [3.8, 4) is 0 Å². The van der Waals surface area contributed by atoms with Gasteiger partial charge in [0.1, 0.15) is 12.3 Å². The van der Waals surface area contributed by atoms with Crippen molar-refractivity contribution in [1.82, 2.24) is 10.2 Å². The monoisotopic (exact) mass is 228 g/mol. The minimum Gasteiger partial charge on any atom is -0.394 e. The van der Waals surface area contributed by atoms with Gasteiger partial charge in [-0.05, 0) is 6.92 Å². The van der Waals surface area contributed by atoms with Gasteiger partial charge in [0.05, 0.1) is 19.4 Å². The number of carbonyl (C=O) groups is 1. The van der Waals surface area contributed by atoms with E-state index in [2.05, 4.69) is 5.32 Å². The first-order chi connectivity index (χ1) is 7.61. The van der Waals surface area contributed by atoms with E-state index in [-0.39, 0.29) is 18.7 Å². The van der Waals surface area contributed by atoms with Crippen LogP contribution in [0.5, 0.6) is 0 Å². The Morgan fingerprint density at radius 1 is 1.69 bits per heavy atom. The quantitative estimate of drug-likeness (QED) is 0.550. The third-order valence-corrected chi connectivity index (χ3v) is 2.89. The molecule has 0 spiro atoms. The van der Waals surface area contributed by atoms with Crippen molar-refractivity contribution in [3.63, 3.8) is 0 Å². The highest BCUT2D eigenvalue weighted by atomic mass is 16.5. The van der Waals surface area contributed by atoms with Crippen molar-refractivity contribution in [3.05, 3.63) is 11.8 Å². The van der Waals surface area contributed by atoms with Crippen molar-refractivity contribution >= 4 is 5.91 Å². The second kappa shape index (κ2) is 4.40.